The van der Waals surface area contributed by atoms with Crippen LogP contribution >= 0.6 is 0 Å². The second-order valence-corrected chi connectivity index (χ2v) is 6.76. The molecule has 2 rings (SSSR count). The van der Waals surface area contributed by atoms with Gasteiger partial charge in [-0.1, -0.05) is 12.5 Å². The minimum absolute atomic E-state index is 0.0326. The van der Waals surface area contributed by atoms with Gasteiger partial charge < -0.3 is 5.73 Å². The van der Waals surface area contributed by atoms with Crippen LogP contribution in [0.3, 0.4) is 0 Å². The van der Waals surface area contributed by atoms with Crippen molar-refractivity contribution in [1.82, 2.24) is 4.72 Å². The lowest BCUT2D eigenvalue weighted by atomic mass is 9.97. The summed E-state index contributed by atoms with van der Waals surface area (Å²) in [6.45, 7) is 0.965. The quantitative estimate of drug-likeness (QED) is 0.861. The zero-order chi connectivity index (χ0) is 13.9. The maximum absolute atomic E-state index is 13.0. The zero-order valence-electron chi connectivity index (χ0n) is 10.7. The molecule has 1 aromatic carbocycles. The summed E-state index contributed by atoms with van der Waals surface area (Å²) in [5.41, 5.74) is 5.67. The highest BCUT2D eigenvalue weighted by molar-refractivity contribution is 7.89. The number of hydrogen-bond donors (Lipinski definition) is 2. The van der Waals surface area contributed by atoms with Crippen molar-refractivity contribution in [1.29, 1.82) is 0 Å². The van der Waals surface area contributed by atoms with Crippen LogP contribution in [0.25, 0.3) is 0 Å². The average Bonchev–Trinajstić information content (AvgIpc) is 2.84. The van der Waals surface area contributed by atoms with E-state index in [0.717, 1.165) is 25.3 Å². The molecule has 0 aliphatic heterocycles. The summed E-state index contributed by atoms with van der Waals surface area (Å²) in [6.07, 6.45) is 3.14. The van der Waals surface area contributed by atoms with Gasteiger partial charge in [0.05, 0.1) is 4.90 Å². The first-order valence-electron chi connectivity index (χ1n) is 6.48. The molecule has 0 spiro atoms. The standard InChI is InChI=1S/C13H19FN2O2S/c14-12-5-2-6-13(7-12)19(17,18)16-9-11-4-1-3-10(11)8-15/h2,5-7,10-11,16H,1,3-4,8-9,15H2. The van der Waals surface area contributed by atoms with Crippen molar-refractivity contribution in [3.63, 3.8) is 0 Å². The van der Waals surface area contributed by atoms with Crippen LogP contribution in [0.2, 0.25) is 0 Å². The van der Waals surface area contributed by atoms with E-state index < -0.39 is 15.8 Å². The third-order valence-corrected chi connectivity index (χ3v) is 5.18. The Balaban J connectivity index is 2.02. The minimum atomic E-state index is -3.63. The average molecular weight is 286 g/mol. The molecular formula is C13H19FN2O2S. The summed E-state index contributed by atoms with van der Waals surface area (Å²) < 4.78 is 39.7. The summed E-state index contributed by atoms with van der Waals surface area (Å²) >= 11 is 0. The predicted molar refractivity (Wildman–Crippen MR) is 71.5 cm³/mol. The summed E-state index contributed by atoms with van der Waals surface area (Å²) in [5, 5.41) is 0. The predicted octanol–water partition coefficient (Wildman–Crippen LogP) is 1.48. The molecule has 0 radical (unpaired) electrons. The molecule has 19 heavy (non-hydrogen) atoms. The Morgan fingerprint density at radius 2 is 2.05 bits per heavy atom. The van der Waals surface area contributed by atoms with E-state index in [2.05, 4.69) is 4.72 Å². The highest BCUT2D eigenvalue weighted by Crippen LogP contribution is 2.30. The van der Waals surface area contributed by atoms with Gasteiger partial charge in [0.15, 0.2) is 0 Å². The fourth-order valence-corrected chi connectivity index (χ4v) is 3.75. The van der Waals surface area contributed by atoms with Gasteiger partial charge in [0.25, 0.3) is 0 Å². The largest absolute Gasteiger partial charge is 0.330 e. The van der Waals surface area contributed by atoms with E-state index in [0.29, 0.717) is 19.0 Å². The van der Waals surface area contributed by atoms with E-state index in [9.17, 15) is 12.8 Å². The normalized spacial score (nSPS) is 23.7. The molecule has 0 bridgehead atoms. The molecule has 4 nitrogen and oxygen atoms in total. The van der Waals surface area contributed by atoms with Crippen LogP contribution in [0.1, 0.15) is 19.3 Å². The summed E-state index contributed by atoms with van der Waals surface area (Å²) in [6, 6.07) is 5.03. The Kier molecular flexibility index (Phi) is 4.54. The van der Waals surface area contributed by atoms with E-state index in [1.54, 1.807) is 0 Å². The lowest BCUT2D eigenvalue weighted by Crippen LogP contribution is -2.32. The van der Waals surface area contributed by atoms with Crippen LogP contribution in [-0.2, 0) is 10.0 Å². The van der Waals surface area contributed by atoms with Crippen molar-refractivity contribution >= 4 is 10.0 Å². The third-order valence-electron chi connectivity index (χ3n) is 3.76. The number of rotatable bonds is 5. The van der Waals surface area contributed by atoms with Gasteiger partial charge in [-0.2, -0.15) is 0 Å². The van der Waals surface area contributed by atoms with E-state index in [-0.39, 0.29) is 10.8 Å². The number of benzene rings is 1. The first-order chi connectivity index (χ1) is 9.03. The molecule has 1 aliphatic carbocycles. The molecule has 2 unspecified atom stereocenters. The van der Waals surface area contributed by atoms with Crippen molar-refractivity contribution < 1.29 is 12.8 Å². The summed E-state index contributed by atoms with van der Waals surface area (Å²) in [5.74, 6) is 0.118. The van der Waals surface area contributed by atoms with Crippen molar-refractivity contribution in [2.45, 2.75) is 24.2 Å². The van der Waals surface area contributed by atoms with Crippen LogP contribution in [-0.4, -0.2) is 21.5 Å². The molecule has 3 N–H and O–H groups in total. The Labute approximate surface area is 113 Å². The van der Waals surface area contributed by atoms with Crippen LogP contribution in [0, 0.1) is 17.7 Å². The van der Waals surface area contributed by atoms with E-state index in [1.807, 2.05) is 0 Å². The Morgan fingerprint density at radius 1 is 1.32 bits per heavy atom. The molecule has 6 heteroatoms. The molecule has 0 saturated heterocycles. The van der Waals surface area contributed by atoms with Crippen LogP contribution in [0.4, 0.5) is 4.39 Å². The van der Waals surface area contributed by atoms with Gasteiger partial charge in [-0.15, -0.1) is 0 Å². The second-order valence-electron chi connectivity index (χ2n) is 5.00. The van der Waals surface area contributed by atoms with Crippen LogP contribution < -0.4 is 10.5 Å². The smallest absolute Gasteiger partial charge is 0.240 e. The van der Waals surface area contributed by atoms with Crippen molar-refractivity contribution in [3.8, 4) is 0 Å². The fourth-order valence-electron chi connectivity index (χ4n) is 2.63. The number of nitrogens with two attached hydrogens (primary N) is 1. The first-order valence-corrected chi connectivity index (χ1v) is 7.96. The van der Waals surface area contributed by atoms with Crippen molar-refractivity contribution in [2.75, 3.05) is 13.1 Å². The Hall–Kier alpha value is -0.980. The third kappa shape index (κ3) is 3.52. The molecule has 0 amide bonds. The van der Waals surface area contributed by atoms with Crippen molar-refractivity contribution in [3.05, 3.63) is 30.1 Å². The number of hydrogen-bond acceptors (Lipinski definition) is 3. The highest BCUT2D eigenvalue weighted by atomic mass is 32.2. The number of halogens is 1. The summed E-state index contributed by atoms with van der Waals surface area (Å²) in [7, 11) is -3.63. The molecular weight excluding hydrogens is 267 g/mol. The van der Waals surface area contributed by atoms with Crippen LogP contribution in [0.15, 0.2) is 29.2 Å². The maximum Gasteiger partial charge on any atom is 0.240 e. The molecule has 106 valence electrons. The lowest BCUT2D eigenvalue weighted by molar-refractivity contribution is 0.393. The van der Waals surface area contributed by atoms with Crippen LogP contribution in [0.5, 0.6) is 0 Å². The van der Waals surface area contributed by atoms with Crippen molar-refractivity contribution in [2.24, 2.45) is 17.6 Å². The van der Waals surface area contributed by atoms with Gasteiger partial charge in [0, 0.05) is 6.54 Å². The fraction of sp³-hybridized carbons (Fsp3) is 0.538. The van der Waals surface area contributed by atoms with Gasteiger partial charge in [-0.25, -0.2) is 17.5 Å². The van der Waals surface area contributed by atoms with Gasteiger partial charge in [-0.05, 0) is 49.4 Å². The van der Waals surface area contributed by atoms with Gasteiger partial charge in [-0.3, -0.25) is 0 Å². The molecule has 1 aromatic rings. The van der Waals surface area contributed by atoms with E-state index in [1.165, 1.54) is 18.2 Å². The maximum atomic E-state index is 13.0. The Bertz CT molecular complexity index is 533. The second kappa shape index (κ2) is 5.98. The number of sulfonamides is 1. The first kappa shape index (κ1) is 14.4. The molecule has 1 saturated carbocycles. The summed E-state index contributed by atoms with van der Waals surface area (Å²) in [4.78, 5) is -0.0326. The topological polar surface area (TPSA) is 72.2 Å². The molecule has 1 aliphatic rings. The molecule has 2 atom stereocenters. The van der Waals surface area contributed by atoms with E-state index in [4.69, 9.17) is 5.73 Å². The zero-order valence-corrected chi connectivity index (χ0v) is 11.5. The minimum Gasteiger partial charge on any atom is -0.330 e. The Morgan fingerprint density at radius 3 is 2.74 bits per heavy atom. The van der Waals surface area contributed by atoms with Gasteiger partial charge >= 0.3 is 0 Å². The highest BCUT2D eigenvalue weighted by Gasteiger charge is 2.27. The van der Waals surface area contributed by atoms with Gasteiger partial charge in [0.2, 0.25) is 10.0 Å². The molecule has 0 aromatic heterocycles. The monoisotopic (exact) mass is 286 g/mol. The van der Waals surface area contributed by atoms with E-state index >= 15 is 0 Å². The number of nitrogens with one attached hydrogen (secondary N) is 1. The molecule has 0 heterocycles. The lowest BCUT2D eigenvalue weighted by Gasteiger charge is -2.18. The van der Waals surface area contributed by atoms with Gasteiger partial charge in [0.1, 0.15) is 5.82 Å². The molecule has 1 fully saturated rings. The SMILES string of the molecule is NCC1CCCC1CNS(=O)(=O)c1cccc(F)c1.